The van der Waals surface area contributed by atoms with Crippen molar-refractivity contribution in [2.24, 2.45) is 7.05 Å². The molecule has 1 aromatic heterocycles. The monoisotopic (exact) mass is 258 g/mol. The number of carbonyl (C=O) groups is 1. The standard InChI is InChI=1S/C14H18N4O/c1-9-5-10(2)12(11(3)6-9)7-15-14(19)13-16-8-18(4)17-13/h5-6,8H,7H2,1-4H3,(H,15,19). The molecule has 1 amide bonds. The molecule has 0 bridgehead atoms. The highest BCUT2D eigenvalue weighted by Crippen LogP contribution is 2.16. The number of carbonyl (C=O) groups excluding carboxylic acids is 1. The van der Waals surface area contributed by atoms with E-state index in [-0.39, 0.29) is 11.7 Å². The lowest BCUT2D eigenvalue weighted by atomic mass is 10.00. The van der Waals surface area contributed by atoms with E-state index in [1.54, 1.807) is 7.05 Å². The summed E-state index contributed by atoms with van der Waals surface area (Å²) in [5.74, 6) is -0.0510. The Hall–Kier alpha value is -2.17. The molecule has 5 nitrogen and oxygen atoms in total. The van der Waals surface area contributed by atoms with E-state index in [4.69, 9.17) is 0 Å². The Morgan fingerprint density at radius 1 is 1.26 bits per heavy atom. The van der Waals surface area contributed by atoms with Crippen LogP contribution in [-0.2, 0) is 13.6 Å². The first-order valence-electron chi connectivity index (χ1n) is 6.18. The number of aromatic nitrogens is 3. The maximum absolute atomic E-state index is 11.9. The minimum atomic E-state index is -0.250. The number of benzene rings is 1. The molecule has 0 aliphatic carbocycles. The summed E-state index contributed by atoms with van der Waals surface area (Å²) in [6.07, 6.45) is 1.51. The molecule has 1 heterocycles. The third kappa shape index (κ3) is 2.99. The second-order valence-corrected chi connectivity index (χ2v) is 4.80. The maximum atomic E-state index is 11.9. The predicted molar refractivity (Wildman–Crippen MR) is 72.8 cm³/mol. The van der Waals surface area contributed by atoms with Crippen molar-refractivity contribution in [2.75, 3.05) is 0 Å². The van der Waals surface area contributed by atoms with Crippen LogP contribution >= 0.6 is 0 Å². The summed E-state index contributed by atoms with van der Waals surface area (Å²) in [4.78, 5) is 15.8. The van der Waals surface area contributed by atoms with Crippen molar-refractivity contribution < 1.29 is 4.79 Å². The summed E-state index contributed by atoms with van der Waals surface area (Å²) in [5, 5.41) is 6.83. The van der Waals surface area contributed by atoms with Crippen molar-refractivity contribution in [3.8, 4) is 0 Å². The average molecular weight is 258 g/mol. The van der Waals surface area contributed by atoms with Crippen molar-refractivity contribution in [1.82, 2.24) is 20.1 Å². The molecule has 100 valence electrons. The fourth-order valence-corrected chi connectivity index (χ4v) is 2.18. The maximum Gasteiger partial charge on any atom is 0.291 e. The fraction of sp³-hybridized carbons (Fsp3) is 0.357. The van der Waals surface area contributed by atoms with E-state index in [1.807, 2.05) is 0 Å². The lowest BCUT2D eigenvalue weighted by Gasteiger charge is -2.11. The van der Waals surface area contributed by atoms with Crippen LogP contribution in [0, 0.1) is 20.8 Å². The van der Waals surface area contributed by atoms with Gasteiger partial charge < -0.3 is 5.32 Å². The molecule has 0 unspecified atom stereocenters. The van der Waals surface area contributed by atoms with Gasteiger partial charge in [0, 0.05) is 13.6 Å². The van der Waals surface area contributed by atoms with Gasteiger partial charge in [-0.3, -0.25) is 9.48 Å². The van der Waals surface area contributed by atoms with Gasteiger partial charge in [-0.05, 0) is 37.5 Å². The van der Waals surface area contributed by atoms with Gasteiger partial charge in [-0.25, -0.2) is 4.98 Å². The van der Waals surface area contributed by atoms with Crippen LogP contribution < -0.4 is 5.32 Å². The molecule has 1 N–H and O–H groups in total. The Bertz CT molecular complexity index is 593. The highest BCUT2D eigenvalue weighted by Gasteiger charge is 2.11. The fourth-order valence-electron chi connectivity index (χ4n) is 2.18. The van der Waals surface area contributed by atoms with Gasteiger partial charge in [-0.2, -0.15) is 0 Å². The zero-order valence-corrected chi connectivity index (χ0v) is 11.7. The lowest BCUT2D eigenvalue weighted by Crippen LogP contribution is -2.25. The second-order valence-electron chi connectivity index (χ2n) is 4.80. The normalized spacial score (nSPS) is 10.5. The first-order chi connectivity index (χ1) is 8.97. The van der Waals surface area contributed by atoms with Crippen LogP contribution in [0.4, 0.5) is 0 Å². The van der Waals surface area contributed by atoms with Crippen molar-refractivity contribution in [2.45, 2.75) is 27.3 Å². The highest BCUT2D eigenvalue weighted by molar-refractivity contribution is 5.90. The van der Waals surface area contributed by atoms with Gasteiger partial charge in [-0.1, -0.05) is 17.7 Å². The highest BCUT2D eigenvalue weighted by atomic mass is 16.2. The van der Waals surface area contributed by atoms with Crippen LogP contribution in [0.3, 0.4) is 0 Å². The van der Waals surface area contributed by atoms with E-state index in [0.717, 1.165) is 5.56 Å². The molecule has 0 saturated heterocycles. The molecule has 0 aliphatic rings. The van der Waals surface area contributed by atoms with E-state index in [9.17, 15) is 4.79 Å². The van der Waals surface area contributed by atoms with Crippen molar-refractivity contribution in [1.29, 1.82) is 0 Å². The first-order valence-corrected chi connectivity index (χ1v) is 6.18. The average Bonchev–Trinajstić information content (AvgIpc) is 2.74. The zero-order valence-electron chi connectivity index (χ0n) is 11.7. The van der Waals surface area contributed by atoms with E-state index < -0.39 is 0 Å². The van der Waals surface area contributed by atoms with Gasteiger partial charge in [-0.15, -0.1) is 5.10 Å². The largest absolute Gasteiger partial charge is 0.345 e. The van der Waals surface area contributed by atoms with Crippen molar-refractivity contribution in [3.63, 3.8) is 0 Å². The Morgan fingerprint density at radius 3 is 2.42 bits per heavy atom. The third-order valence-electron chi connectivity index (χ3n) is 3.07. The van der Waals surface area contributed by atoms with E-state index in [1.165, 1.54) is 27.7 Å². The summed E-state index contributed by atoms with van der Waals surface area (Å²) in [6.45, 7) is 6.68. The summed E-state index contributed by atoms with van der Waals surface area (Å²) >= 11 is 0. The lowest BCUT2D eigenvalue weighted by molar-refractivity contribution is 0.0940. The van der Waals surface area contributed by atoms with Gasteiger partial charge in [0.2, 0.25) is 5.82 Å². The number of hydrogen-bond donors (Lipinski definition) is 1. The van der Waals surface area contributed by atoms with Gasteiger partial charge in [0.15, 0.2) is 0 Å². The summed E-state index contributed by atoms with van der Waals surface area (Å²) < 4.78 is 1.51. The number of hydrogen-bond acceptors (Lipinski definition) is 3. The molecule has 0 atom stereocenters. The molecule has 0 radical (unpaired) electrons. The van der Waals surface area contributed by atoms with Crippen LogP contribution in [-0.4, -0.2) is 20.7 Å². The predicted octanol–water partition coefficient (Wildman–Crippen LogP) is 1.67. The van der Waals surface area contributed by atoms with Crippen LogP contribution in [0.15, 0.2) is 18.5 Å². The Kier molecular flexibility index (Phi) is 3.64. The van der Waals surface area contributed by atoms with Gasteiger partial charge >= 0.3 is 0 Å². The van der Waals surface area contributed by atoms with Crippen molar-refractivity contribution in [3.05, 3.63) is 46.5 Å². The van der Waals surface area contributed by atoms with Gasteiger partial charge in [0.25, 0.3) is 5.91 Å². The molecular weight excluding hydrogens is 240 g/mol. The topological polar surface area (TPSA) is 59.8 Å². The Balaban J connectivity index is 2.09. The molecule has 0 spiro atoms. The summed E-state index contributed by atoms with van der Waals surface area (Å²) in [7, 11) is 1.73. The smallest absolute Gasteiger partial charge is 0.291 e. The van der Waals surface area contributed by atoms with Crippen LogP contribution in [0.2, 0.25) is 0 Å². The first kappa shape index (κ1) is 13.3. The number of amides is 1. The molecular formula is C14H18N4O. The Morgan fingerprint density at radius 2 is 1.89 bits per heavy atom. The summed E-state index contributed by atoms with van der Waals surface area (Å²) in [5.41, 5.74) is 4.75. The zero-order chi connectivity index (χ0) is 14.0. The number of aryl methyl sites for hydroxylation is 4. The van der Waals surface area contributed by atoms with E-state index in [2.05, 4.69) is 48.3 Å². The second kappa shape index (κ2) is 5.22. The van der Waals surface area contributed by atoms with E-state index in [0.29, 0.717) is 6.54 Å². The van der Waals surface area contributed by atoms with Gasteiger partial charge in [0.05, 0.1) is 0 Å². The summed E-state index contributed by atoms with van der Waals surface area (Å²) in [6, 6.07) is 4.24. The van der Waals surface area contributed by atoms with Crippen LogP contribution in [0.5, 0.6) is 0 Å². The molecule has 1 aromatic carbocycles. The number of rotatable bonds is 3. The quantitative estimate of drug-likeness (QED) is 0.911. The molecule has 0 saturated carbocycles. The minimum absolute atomic E-state index is 0.199. The third-order valence-corrected chi connectivity index (χ3v) is 3.07. The molecule has 2 aromatic rings. The van der Waals surface area contributed by atoms with Crippen LogP contribution in [0.25, 0.3) is 0 Å². The van der Waals surface area contributed by atoms with Crippen LogP contribution in [0.1, 0.15) is 32.9 Å². The molecule has 0 fully saturated rings. The number of nitrogens with one attached hydrogen (secondary N) is 1. The molecule has 2 rings (SSSR count). The molecule has 19 heavy (non-hydrogen) atoms. The SMILES string of the molecule is Cc1cc(C)c(CNC(=O)c2ncn(C)n2)c(C)c1. The Labute approximate surface area is 112 Å². The van der Waals surface area contributed by atoms with Gasteiger partial charge in [0.1, 0.15) is 6.33 Å². The van der Waals surface area contributed by atoms with Crippen molar-refractivity contribution >= 4 is 5.91 Å². The van der Waals surface area contributed by atoms with E-state index >= 15 is 0 Å². The number of nitrogens with zero attached hydrogens (tertiary/aromatic N) is 3. The molecule has 5 heteroatoms. The minimum Gasteiger partial charge on any atom is -0.345 e. The molecule has 0 aliphatic heterocycles.